The molecule has 1 aromatic carbocycles. The molecule has 2 bridgehead atoms. The van der Waals surface area contributed by atoms with Crippen LogP contribution in [0.1, 0.15) is 37.2 Å². The van der Waals surface area contributed by atoms with Crippen LogP contribution < -0.4 is 10.1 Å². The van der Waals surface area contributed by atoms with Crippen LogP contribution in [0.15, 0.2) is 24.3 Å². The molecule has 20 heavy (non-hydrogen) atoms. The van der Waals surface area contributed by atoms with Crippen molar-refractivity contribution in [2.75, 3.05) is 13.2 Å². The first-order chi connectivity index (χ1) is 9.92. The molecule has 5 unspecified atom stereocenters. The monoisotopic (exact) mass is 269 g/mol. The van der Waals surface area contributed by atoms with E-state index in [9.17, 15) is 0 Å². The zero-order chi connectivity index (χ0) is 13.1. The molecule has 4 aliphatic rings. The van der Waals surface area contributed by atoms with Crippen molar-refractivity contribution in [2.24, 2.45) is 23.7 Å². The van der Waals surface area contributed by atoms with Crippen molar-refractivity contribution < 1.29 is 4.74 Å². The van der Waals surface area contributed by atoms with Crippen LogP contribution in [-0.4, -0.2) is 19.2 Å². The number of nitrogens with one attached hydrogen (secondary N) is 1. The lowest BCUT2D eigenvalue weighted by Gasteiger charge is -2.26. The highest BCUT2D eigenvalue weighted by Crippen LogP contribution is 2.65. The average Bonchev–Trinajstić information content (AvgIpc) is 2.88. The van der Waals surface area contributed by atoms with E-state index in [0.717, 1.165) is 48.6 Å². The van der Waals surface area contributed by atoms with Gasteiger partial charge in [-0.25, -0.2) is 0 Å². The molecule has 0 aromatic heterocycles. The van der Waals surface area contributed by atoms with Gasteiger partial charge in [-0.2, -0.15) is 0 Å². The standard InChI is InChI=1S/C18H23NO/c1-2-4-15-14(3-1)13(7-8-20-15)10-19-18-16-11-5-6-12(9-11)17(16)18/h1-4,11-13,16-19H,5-10H2. The van der Waals surface area contributed by atoms with Crippen LogP contribution in [0, 0.1) is 23.7 Å². The first-order valence-electron chi connectivity index (χ1n) is 8.37. The molecule has 1 heterocycles. The molecule has 3 fully saturated rings. The molecule has 106 valence electrons. The Balaban J connectivity index is 1.26. The highest BCUT2D eigenvalue weighted by molar-refractivity contribution is 5.38. The fraction of sp³-hybridized carbons (Fsp3) is 0.667. The summed E-state index contributed by atoms with van der Waals surface area (Å²) in [6.07, 6.45) is 5.75. The third-order valence-electron chi connectivity index (χ3n) is 6.42. The van der Waals surface area contributed by atoms with Crippen molar-refractivity contribution in [1.29, 1.82) is 0 Å². The van der Waals surface area contributed by atoms with E-state index in [4.69, 9.17) is 4.74 Å². The molecule has 1 N–H and O–H groups in total. The first kappa shape index (κ1) is 11.6. The number of rotatable bonds is 3. The summed E-state index contributed by atoms with van der Waals surface area (Å²) in [5.41, 5.74) is 1.42. The fourth-order valence-electron chi connectivity index (χ4n) is 5.50. The number of hydrogen-bond acceptors (Lipinski definition) is 2. The second-order valence-corrected chi connectivity index (χ2v) is 7.29. The second-order valence-electron chi connectivity index (χ2n) is 7.29. The SMILES string of the molecule is c1ccc2c(c1)OCCC2CNC1C2C3CCC(C3)C12. The van der Waals surface area contributed by atoms with Crippen LogP contribution in [0.2, 0.25) is 0 Å². The molecule has 3 aliphatic carbocycles. The van der Waals surface area contributed by atoms with Crippen LogP contribution in [0.5, 0.6) is 5.75 Å². The van der Waals surface area contributed by atoms with Gasteiger partial charge in [0.15, 0.2) is 0 Å². The van der Waals surface area contributed by atoms with Crippen molar-refractivity contribution in [3.8, 4) is 5.75 Å². The molecule has 0 spiro atoms. The van der Waals surface area contributed by atoms with E-state index in [1.54, 1.807) is 6.42 Å². The quantitative estimate of drug-likeness (QED) is 0.910. The lowest BCUT2D eigenvalue weighted by atomic mass is 9.93. The maximum Gasteiger partial charge on any atom is 0.122 e. The zero-order valence-corrected chi connectivity index (χ0v) is 11.9. The molecule has 3 saturated carbocycles. The minimum Gasteiger partial charge on any atom is -0.493 e. The van der Waals surface area contributed by atoms with Gasteiger partial charge in [0, 0.05) is 18.5 Å². The van der Waals surface area contributed by atoms with Crippen LogP contribution >= 0.6 is 0 Å². The topological polar surface area (TPSA) is 21.3 Å². The van der Waals surface area contributed by atoms with Crippen LogP contribution in [0.25, 0.3) is 0 Å². The highest BCUT2D eigenvalue weighted by atomic mass is 16.5. The minimum atomic E-state index is 0.652. The van der Waals surface area contributed by atoms with Crippen molar-refractivity contribution >= 4 is 0 Å². The first-order valence-corrected chi connectivity index (χ1v) is 8.37. The maximum absolute atomic E-state index is 5.77. The number of benzene rings is 1. The molecule has 2 nitrogen and oxygen atoms in total. The average molecular weight is 269 g/mol. The molecule has 0 saturated heterocycles. The predicted molar refractivity (Wildman–Crippen MR) is 78.9 cm³/mol. The van der Waals surface area contributed by atoms with Crippen LogP contribution in [0.3, 0.4) is 0 Å². The van der Waals surface area contributed by atoms with Gasteiger partial charge in [0.05, 0.1) is 6.61 Å². The third-order valence-corrected chi connectivity index (χ3v) is 6.42. The molecule has 5 rings (SSSR count). The normalized spacial score (nSPS) is 43.8. The van der Waals surface area contributed by atoms with E-state index in [1.165, 1.54) is 24.8 Å². The van der Waals surface area contributed by atoms with E-state index >= 15 is 0 Å². The predicted octanol–water partition coefficient (Wildman–Crippen LogP) is 3.19. The lowest BCUT2D eigenvalue weighted by molar-refractivity contribution is 0.263. The largest absolute Gasteiger partial charge is 0.493 e. The molecule has 0 amide bonds. The number of ether oxygens (including phenoxy) is 1. The Morgan fingerprint density at radius 1 is 1.05 bits per heavy atom. The van der Waals surface area contributed by atoms with E-state index in [1.807, 2.05) is 0 Å². The van der Waals surface area contributed by atoms with E-state index in [0.29, 0.717) is 5.92 Å². The van der Waals surface area contributed by atoms with Gasteiger partial charge in [0.25, 0.3) is 0 Å². The number of hydrogen-bond donors (Lipinski definition) is 1. The van der Waals surface area contributed by atoms with Gasteiger partial charge in [-0.05, 0) is 61.0 Å². The van der Waals surface area contributed by atoms with E-state index in [-0.39, 0.29) is 0 Å². The Morgan fingerprint density at radius 2 is 1.85 bits per heavy atom. The Hall–Kier alpha value is -1.02. The van der Waals surface area contributed by atoms with Gasteiger partial charge in [0.2, 0.25) is 0 Å². The Labute approximate surface area is 120 Å². The summed E-state index contributed by atoms with van der Waals surface area (Å²) in [7, 11) is 0. The fourth-order valence-corrected chi connectivity index (χ4v) is 5.50. The van der Waals surface area contributed by atoms with Gasteiger partial charge in [-0.15, -0.1) is 0 Å². The zero-order valence-electron chi connectivity index (χ0n) is 11.9. The number of para-hydroxylation sites is 1. The van der Waals surface area contributed by atoms with E-state index < -0.39 is 0 Å². The smallest absolute Gasteiger partial charge is 0.122 e. The lowest BCUT2D eigenvalue weighted by Crippen LogP contribution is -2.30. The Kier molecular flexibility index (Phi) is 2.46. The summed E-state index contributed by atoms with van der Waals surface area (Å²) >= 11 is 0. The van der Waals surface area contributed by atoms with Gasteiger partial charge in [-0.3, -0.25) is 0 Å². The molecule has 2 heteroatoms. The molecular formula is C18H23NO. The van der Waals surface area contributed by atoms with Crippen molar-refractivity contribution in [3.05, 3.63) is 29.8 Å². The second kappa shape index (κ2) is 4.24. The Bertz CT molecular complexity index is 512. The van der Waals surface area contributed by atoms with Crippen molar-refractivity contribution in [1.82, 2.24) is 5.32 Å². The summed E-state index contributed by atoms with van der Waals surface area (Å²) in [5.74, 6) is 6.00. The van der Waals surface area contributed by atoms with Gasteiger partial charge in [0.1, 0.15) is 5.75 Å². The summed E-state index contributed by atoms with van der Waals surface area (Å²) < 4.78 is 5.77. The Morgan fingerprint density at radius 3 is 2.70 bits per heavy atom. The van der Waals surface area contributed by atoms with Gasteiger partial charge >= 0.3 is 0 Å². The minimum absolute atomic E-state index is 0.652. The molecular weight excluding hydrogens is 246 g/mol. The summed E-state index contributed by atoms with van der Waals surface area (Å²) in [6.45, 7) is 2.03. The molecule has 5 atom stereocenters. The van der Waals surface area contributed by atoms with Crippen LogP contribution in [-0.2, 0) is 0 Å². The van der Waals surface area contributed by atoms with Crippen molar-refractivity contribution in [3.63, 3.8) is 0 Å². The highest BCUT2D eigenvalue weighted by Gasteiger charge is 2.64. The maximum atomic E-state index is 5.77. The summed E-state index contributed by atoms with van der Waals surface area (Å²) in [4.78, 5) is 0. The van der Waals surface area contributed by atoms with Crippen molar-refractivity contribution in [2.45, 2.75) is 37.6 Å². The van der Waals surface area contributed by atoms with Gasteiger partial charge in [-0.1, -0.05) is 18.2 Å². The van der Waals surface area contributed by atoms with E-state index in [2.05, 4.69) is 29.6 Å². The summed E-state index contributed by atoms with van der Waals surface area (Å²) in [5, 5.41) is 3.91. The molecule has 1 aromatic rings. The molecule has 1 aliphatic heterocycles. The third kappa shape index (κ3) is 1.60. The van der Waals surface area contributed by atoms with Crippen LogP contribution in [0.4, 0.5) is 0 Å². The molecule has 0 radical (unpaired) electrons. The van der Waals surface area contributed by atoms with Gasteiger partial charge < -0.3 is 10.1 Å². The number of fused-ring (bicyclic) bond motifs is 6. The summed E-state index contributed by atoms with van der Waals surface area (Å²) in [6, 6.07) is 9.45.